The molecule has 1 aromatic rings. The highest BCUT2D eigenvalue weighted by Gasteiger charge is 2.23. The molecule has 0 saturated carbocycles. The highest BCUT2D eigenvalue weighted by Crippen LogP contribution is 2.25. The van der Waals surface area contributed by atoms with Gasteiger partial charge in [0.2, 0.25) is 5.90 Å². The molecule has 0 amide bonds. The molecule has 0 aromatic heterocycles. The highest BCUT2D eigenvalue weighted by atomic mass is 19.1. The average Bonchev–Trinajstić information content (AvgIpc) is 3.06. The van der Waals surface area contributed by atoms with Crippen molar-refractivity contribution >= 4 is 5.90 Å². The quantitative estimate of drug-likeness (QED) is 0.575. The van der Waals surface area contributed by atoms with Crippen LogP contribution in [0.25, 0.3) is 0 Å². The van der Waals surface area contributed by atoms with Crippen molar-refractivity contribution in [3.05, 3.63) is 29.3 Å². The Morgan fingerprint density at radius 2 is 1.83 bits per heavy atom. The Morgan fingerprint density at radius 3 is 2.52 bits per heavy atom. The Bertz CT molecular complexity index is 532. The lowest BCUT2D eigenvalue weighted by Gasteiger charge is -2.11. The van der Waals surface area contributed by atoms with Crippen LogP contribution in [0.5, 0.6) is 5.75 Å². The fraction of sp³-hybridized carbons (Fsp3) is 0.611. The van der Waals surface area contributed by atoms with Crippen molar-refractivity contribution in [3.8, 4) is 5.75 Å². The SMILES string of the molecule is CCCCCCCCCOc1ccc(F)c(C2=NCCO2)c1F. The summed E-state index contributed by atoms with van der Waals surface area (Å²) < 4.78 is 38.8. The van der Waals surface area contributed by atoms with E-state index >= 15 is 0 Å². The summed E-state index contributed by atoms with van der Waals surface area (Å²) in [6.07, 6.45) is 8.14. The van der Waals surface area contributed by atoms with E-state index in [9.17, 15) is 8.78 Å². The lowest BCUT2D eigenvalue weighted by Crippen LogP contribution is -2.10. The lowest BCUT2D eigenvalue weighted by molar-refractivity contribution is 0.287. The molecule has 5 heteroatoms. The Labute approximate surface area is 136 Å². The second-order valence-electron chi connectivity index (χ2n) is 5.74. The molecular formula is C18H25F2NO2. The third kappa shape index (κ3) is 5.19. The molecular weight excluding hydrogens is 300 g/mol. The summed E-state index contributed by atoms with van der Waals surface area (Å²) in [5, 5.41) is 0. The van der Waals surface area contributed by atoms with Crippen molar-refractivity contribution in [1.82, 2.24) is 0 Å². The van der Waals surface area contributed by atoms with E-state index in [0.717, 1.165) is 12.8 Å². The van der Waals surface area contributed by atoms with Gasteiger partial charge in [0.25, 0.3) is 0 Å². The van der Waals surface area contributed by atoms with Crippen molar-refractivity contribution in [1.29, 1.82) is 0 Å². The Balaban J connectivity index is 1.80. The van der Waals surface area contributed by atoms with Crippen LogP contribution < -0.4 is 4.74 Å². The normalized spacial score (nSPS) is 13.8. The van der Waals surface area contributed by atoms with E-state index in [1.165, 1.54) is 44.2 Å². The van der Waals surface area contributed by atoms with Gasteiger partial charge in [-0.3, -0.25) is 0 Å². The van der Waals surface area contributed by atoms with Crippen LogP contribution in [0.2, 0.25) is 0 Å². The number of hydrogen-bond donors (Lipinski definition) is 0. The molecule has 0 bridgehead atoms. The molecule has 0 aliphatic carbocycles. The Morgan fingerprint density at radius 1 is 1.09 bits per heavy atom. The first-order valence-electron chi connectivity index (χ1n) is 8.52. The Hall–Kier alpha value is -1.65. The maximum Gasteiger partial charge on any atom is 0.222 e. The molecule has 0 saturated heterocycles. The molecule has 0 N–H and O–H groups in total. The number of ether oxygens (including phenoxy) is 2. The first-order valence-corrected chi connectivity index (χ1v) is 8.52. The van der Waals surface area contributed by atoms with E-state index in [2.05, 4.69) is 11.9 Å². The largest absolute Gasteiger partial charge is 0.490 e. The second-order valence-corrected chi connectivity index (χ2v) is 5.74. The van der Waals surface area contributed by atoms with Crippen LogP contribution in [0.15, 0.2) is 17.1 Å². The Kier molecular flexibility index (Phi) is 7.30. The molecule has 0 unspecified atom stereocenters. The molecule has 3 nitrogen and oxygen atoms in total. The van der Waals surface area contributed by atoms with Gasteiger partial charge in [0.05, 0.1) is 13.2 Å². The summed E-state index contributed by atoms with van der Waals surface area (Å²) in [6.45, 7) is 3.42. The second kappa shape index (κ2) is 9.48. The van der Waals surface area contributed by atoms with Crippen molar-refractivity contribution in [2.45, 2.75) is 51.9 Å². The predicted molar refractivity (Wildman–Crippen MR) is 87.2 cm³/mol. The van der Waals surface area contributed by atoms with Gasteiger partial charge in [0, 0.05) is 0 Å². The molecule has 0 radical (unpaired) electrons. The summed E-state index contributed by atoms with van der Waals surface area (Å²) in [5.41, 5.74) is -0.223. The zero-order valence-electron chi connectivity index (χ0n) is 13.7. The summed E-state index contributed by atoms with van der Waals surface area (Å²) in [4.78, 5) is 3.97. The predicted octanol–water partition coefficient (Wildman–Crippen LogP) is 4.87. The third-order valence-electron chi connectivity index (χ3n) is 3.86. The van der Waals surface area contributed by atoms with Gasteiger partial charge in [0.15, 0.2) is 11.6 Å². The molecule has 128 valence electrons. The summed E-state index contributed by atoms with van der Waals surface area (Å²) in [5.74, 6) is -1.31. The van der Waals surface area contributed by atoms with Gasteiger partial charge in [0.1, 0.15) is 18.0 Å². The van der Waals surface area contributed by atoms with Gasteiger partial charge in [-0.15, -0.1) is 0 Å². The van der Waals surface area contributed by atoms with E-state index in [4.69, 9.17) is 9.47 Å². The van der Waals surface area contributed by atoms with Crippen LogP contribution in [0.1, 0.15) is 57.4 Å². The summed E-state index contributed by atoms with van der Waals surface area (Å²) in [6, 6.07) is 2.52. The van der Waals surface area contributed by atoms with Gasteiger partial charge in [-0.25, -0.2) is 13.8 Å². The van der Waals surface area contributed by atoms with Crippen LogP contribution in [0.4, 0.5) is 8.78 Å². The standard InChI is InChI=1S/C18H25F2NO2/c1-2-3-4-5-6-7-8-12-22-15-10-9-14(19)16(17(15)20)18-21-11-13-23-18/h9-10H,2-8,11-13H2,1H3. The van der Waals surface area contributed by atoms with Crippen molar-refractivity contribution in [3.63, 3.8) is 0 Å². The van der Waals surface area contributed by atoms with E-state index < -0.39 is 11.6 Å². The number of nitrogens with zero attached hydrogens (tertiary/aromatic N) is 1. The minimum Gasteiger partial charge on any atom is -0.490 e. The number of unbranched alkanes of at least 4 members (excludes halogenated alkanes) is 6. The fourth-order valence-corrected chi connectivity index (χ4v) is 2.57. The molecule has 23 heavy (non-hydrogen) atoms. The monoisotopic (exact) mass is 325 g/mol. The van der Waals surface area contributed by atoms with E-state index in [1.807, 2.05) is 0 Å². The fourth-order valence-electron chi connectivity index (χ4n) is 2.57. The molecule has 0 fully saturated rings. The molecule has 1 heterocycles. The number of hydrogen-bond acceptors (Lipinski definition) is 3. The maximum absolute atomic E-state index is 14.4. The van der Waals surface area contributed by atoms with Crippen molar-refractivity contribution in [2.24, 2.45) is 4.99 Å². The number of halogens is 2. The van der Waals surface area contributed by atoms with Crippen molar-refractivity contribution < 1.29 is 18.3 Å². The first-order chi connectivity index (χ1) is 11.2. The average molecular weight is 325 g/mol. The number of benzene rings is 1. The lowest BCUT2D eigenvalue weighted by atomic mass is 10.1. The van der Waals surface area contributed by atoms with Crippen LogP contribution in [-0.4, -0.2) is 25.7 Å². The molecule has 0 atom stereocenters. The van der Waals surface area contributed by atoms with Crippen LogP contribution in [0, 0.1) is 11.6 Å². The van der Waals surface area contributed by atoms with E-state index in [0.29, 0.717) is 19.8 Å². The van der Waals surface area contributed by atoms with Crippen LogP contribution in [0.3, 0.4) is 0 Å². The van der Waals surface area contributed by atoms with Gasteiger partial charge < -0.3 is 9.47 Å². The zero-order valence-corrected chi connectivity index (χ0v) is 13.7. The third-order valence-corrected chi connectivity index (χ3v) is 3.86. The summed E-state index contributed by atoms with van der Waals surface area (Å²) in [7, 11) is 0. The van der Waals surface area contributed by atoms with E-state index in [1.54, 1.807) is 0 Å². The van der Waals surface area contributed by atoms with Gasteiger partial charge in [-0.2, -0.15) is 0 Å². The minimum absolute atomic E-state index is 0.0291. The molecule has 1 aromatic carbocycles. The van der Waals surface area contributed by atoms with Gasteiger partial charge in [-0.1, -0.05) is 45.4 Å². The molecule has 1 aliphatic rings. The smallest absolute Gasteiger partial charge is 0.222 e. The maximum atomic E-state index is 14.4. The van der Waals surface area contributed by atoms with Crippen LogP contribution >= 0.6 is 0 Å². The summed E-state index contributed by atoms with van der Waals surface area (Å²) >= 11 is 0. The van der Waals surface area contributed by atoms with E-state index in [-0.39, 0.29) is 17.2 Å². The van der Waals surface area contributed by atoms with Gasteiger partial charge >= 0.3 is 0 Å². The number of aliphatic imine (C=N–C) groups is 1. The highest BCUT2D eigenvalue weighted by molar-refractivity contribution is 5.95. The molecule has 0 spiro atoms. The zero-order chi connectivity index (χ0) is 16.5. The van der Waals surface area contributed by atoms with Crippen molar-refractivity contribution in [2.75, 3.05) is 19.8 Å². The topological polar surface area (TPSA) is 30.8 Å². The number of rotatable bonds is 10. The minimum atomic E-state index is -0.728. The van der Waals surface area contributed by atoms with Crippen LogP contribution in [-0.2, 0) is 4.74 Å². The van der Waals surface area contributed by atoms with Gasteiger partial charge in [-0.05, 0) is 18.6 Å². The molecule has 2 rings (SSSR count). The molecule has 1 aliphatic heterocycles. The first kappa shape index (κ1) is 17.7.